The third-order valence-electron chi connectivity index (χ3n) is 1.61. The van der Waals surface area contributed by atoms with Gasteiger partial charge in [-0.2, -0.15) is 4.99 Å². The number of hydrogen-bond donors (Lipinski definition) is 0. The first-order valence-corrected chi connectivity index (χ1v) is 3.96. The average molecular weight is 213 g/mol. The van der Waals surface area contributed by atoms with Crippen LogP contribution in [0, 0.1) is 17.0 Å². The Hall–Kier alpha value is -1.71. The van der Waals surface area contributed by atoms with E-state index < -0.39 is 4.92 Å². The normalized spacial score (nSPS) is 9.29. The molecule has 0 aromatic heterocycles. The Morgan fingerprint density at radius 2 is 2.21 bits per heavy atom. The van der Waals surface area contributed by atoms with Crippen LogP contribution >= 0.6 is 11.6 Å². The lowest BCUT2D eigenvalue weighted by Gasteiger charge is -2.00. The highest BCUT2D eigenvalue weighted by atomic mass is 35.5. The van der Waals surface area contributed by atoms with Crippen molar-refractivity contribution in [1.82, 2.24) is 0 Å². The molecule has 6 heteroatoms. The molecule has 0 unspecified atom stereocenters. The maximum atomic E-state index is 10.4. The van der Waals surface area contributed by atoms with Gasteiger partial charge < -0.3 is 0 Å². The molecule has 0 aliphatic rings. The van der Waals surface area contributed by atoms with Crippen LogP contribution in [0.15, 0.2) is 17.1 Å². The van der Waals surface area contributed by atoms with Crippen molar-refractivity contribution in [2.75, 3.05) is 0 Å². The van der Waals surface area contributed by atoms with Crippen LogP contribution in [0.2, 0.25) is 5.02 Å². The number of nitro groups is 1. The van der Waals surface area contributed by atoms with Gasteiger partial charge in [-0.3, -0.25) is 10.1 Å². The number of non-ortho nitro benzene ring substituents is 1. The predicted octanol–water partition coefficient (Wildman–Crippen LogP) is 2.52. The first-order chi connectivity index (χ1) is 6.56. The van der Waals surface area contributed by atoms with Crippen molar-refractivity contribution in [2.45, 2.75) is 6.92 Å². The number of nitro benzene ring substituents is 1. The monoisotopic (exact) mass is 212 g/mol. The number of rotatable bonds is 2. The molecule has 0 heterocycles. The Bertz CT molecular complexity index is 415. The van der Waals surface area contributed by atoms with E-state index >= 15 is 0 Å². The number of hydrogen-bond acceptors (Lipinski definition) is 4. The molecule has 0 radical (unpaired) electrons. The van der Waals surface area contributed by atoms with Gasteiger partial charge in [0.25, 0.3) is 5.69 Å². The van der Waals surface area contributed by atoms with Crippen LogP contribution in [0.4, 0.5) is 11.4 Å². The molecule has 0 spiro atoms. The van der Waals surface area contributed by atoms with Crippen LogP contribution in [-0.2, 0) is 4.79 Å². The Labute approximate surface area is 84.2 Å². The number of aryl methyl sites for hydroxylation is 1. The van der Waals surface area contributed by atoms with E-state index in [1.54, 1.807) is 6.92 Å². The fraction of sp³-hybridized carbons (Fsp3) is 0.125. The molecule has 1 aromatic carbocycles. The third kappa shape index (κ3) is 1.96. The average Bonchev–Trinajstić information content (AvgIpc) is 2.10. The first kappa shape index (κ1) is 10.4. The minimum absolute atomic E-state index is 0.0695. The smallest absolute Gasteiger partial charge is 0.258 e. The number of carbonyl (C=O) groups excluding carboxylic acids is 1. The summed E-state index contributed by atoms with van der Waals surface area (Å²) in [4.78, 5) is 23.2. The Kier molecular flexibility index (Phi) is 2.96. The van der Waals surface area contributed by atoms with Crippen molar-refractivity contribution < 1.29 is 9.72 Å². The second-order valence-electron chi connectivity index (χ2n) is 2.55. The number of halogens is 1. The number of benzene rings is 1. The quantitative estimate of drug-likeness (QED) is 0.327. The van der Waals surface area contributed by atoms with E-state index in [2.05, 4.69) is 4.99 Å². The van der Waals surface area contributed by atoms with Crippen LogP contribution in [0.1, 0.15) is 5.56 Å². The van der Waals surface area contributed by atoms with Crippen molar-refractivity contribution in [1.29, 1.82) is 0 Å². The first-order valence-electron chi connectivity index (χ1n) is 3.58. The third-order valence-corrected chi connectivity index (χ3v) is 1.90. The summed E-state index contributed by atoms with van der Waals surface area (Å²) in [6.45, 7) is 1.58. The lowest BCUT2D eigenvalue weighted by molar-refractivity contribution is -0.384. The zero-order valence-electron chi connectivity index (χ0n) is 7.15. The lowest BCUT2D eigenvalue weighted by Crippen LogP contribution is -1.89. The molecule has 72 valence electrons. The minimum atomic E-state index is -0.562. The summed E-state index contributed by atoms with van der Waals surface area (Å²) in [5.41, 5.74) is 0.553. The van der Waals surface area contributed by atoms with E-state index in [4.69, 9.17) is 11.6 Å². The zero-order valence-corrected chi connectivity index (χ0v) is 7.91. The molecule has 0 saturated carbocycles. The molecule has 14 heavy (non-hydrogen) atoms. The fourth-order valence-corrected chi connectivity index (χ4v) is 1.31. The number of isocyanates is 1. The van der Waals surface area contributed by atoms with Gasteiger partial charge in [0.1, 0.15) is 0 Å². The SMILES string of the molecule is Cc1cc([N+](=O)[O-])cc(Cl)c1N=C=O. The highest BCUT2D eigenvalue weighted by molar-refractivity contribution is 6.33. The molecule has 0 atom stereocenters. The van der Waals surface area contributed by atoms with Crippen LogP contribution in [0.3, 0.4) is 0 Å². The van der Waals surface area contributed by atoms with E-state index in [-0.39, 0.29) is 16.4 Å². The summed E-state index contributed by atoms with van der Waals surface area (Å²) in [7, 11) is 0. The molecule has 0 aliphatic heterocycles. The second kappa shape index (κ2) is 4.00. The Morgan fingerprint density at radius 3 is 2.64 bits per heavy atom. The van der Waals surface area contributed by atoms with Gasteiger partial charge in [0.2, 0.25) is 6.08 Å². The molecule has 1 rings (SSSR count). The Balaban J connectivity index is 3.39. The molecule has 0 bridgehead atoms. The van der Waals surface area contributed by atoms with Crippen LogP contribution in [0.5, 0.6) is 0 Å². The Morgan fingerprint density at radius 1 is 1.57 bits per heavy atom. The minimum Gasteiger partial charge on any atom is -0.258 e. The predicted molar refractivity (Wildman–Crippen MR) is 50.6 cm³/mol. The van der Waals surface area contributed by atoms with Gasteiger partial charge in [0.15, 0.2) is 0 Å². The highest BCUT2D eigenvalue weighted by Crippen LogP contribution is 2.32. The topological polar surface area (TPSA) is 72.6 Å². The van der Waals surface area contributed by atoms with Gasteiger partial charge >= 0.3 is 0 Å². The fourth-order valence-electron chi connectivity index (χ4n) is 1.01. The van der Waals surface area contributed by atoms with Gasteiger partial charge in [0, 0.05) is 12.1 Å². The van der Waals surface area contributed by atoms with E-state index in [1.807, 2.05) is 0 Å². The highest BCUT2D eigenvalue weighted by Gasteiger charge is 2.12. The van der Waals surface area contributed by atoms with Crippen LogP contribution in [0.25, 0.3) is 0 Å². The molecular weight excluding hydrogens is 208 g/mol. The molecular formula is C8H5ClN2O3. The maximum Gasteiger partial charge on any atom is 0.271 e. The largest absolute Gasteiger partial charge is 0.271 e. The van der Waals surface area contributed by atoms with Crippen molar-refractivity contribution in [2.24, 2.45) is 4.99 Å². The molecule has 0 N–H and O–H groups in total. The zero-order chi connectivity index (χ0) is 10.7. The van der Waals surface area contributed by atoms with Gasteiger partial charge in [-0.15, -0.1) is 0 Å². The molecule has 0 fully saturated rings. The van der Waals surface area contributed by atoms with Gasteiger partial charge in [-0.25, -0.2) is 4.79 Å². The summed E-state index contributed by atoms with van der Waals surface area (Å²) < 4.78 is 0. The second-order valence-corrected chi connectivity index (χ2v) is 2.96. The van der Waals surface area contributed by atoms with Gasteiger partial charge in [-0.05, 0) is 12.5 Å². The summed E-state index contributed by atoms with van der Waals surface area (Å²) in [6.07, 6.45) is 1.34. The lowest BCUT2D eigenvalue weighted by atomic mass is 10.2. The van der Waals surface area contributed by atoms with E-state index in [9.17, 15) is 14.9 Å². The van der Waals surface area contributed by atoms with Crippen LogP contribution in [-0.4, -0.2) is 11.0 Å². The maximum absolute atomic E-state index is 10.4. The molecule has 0 amide bonds. The van der Waals surface area contributed by atoms with Gasteiger partial charge in [0.05, 0.1) is 15.6 Å². The summed E-state index contributed by atoms with van der Waals surface area (Å²) in [5, 5.41) is 10.5. The molecule has 1 aromatic rings. The standard InChI is InChI=1S/C8H5ClN2O3/c1-5-2-6(11(13)14)3-7(9)8(5)10-4-12/h2-3H,1H3. The van der Waals surface area contributed by atoms with Crippen molar-refractivity contribution in [3.05, 3.63) is 32.8 Å². The molecule has 0 saturated heterocycles. The molecule has 0 aliphatic carbocycles. The van der Waals surface area contributed by atoms with E-state index in [0.717, 1.165) is 6.07 Å². The van der Waals surface area contributed by atoms with E-state index in [0.29, 0.717) is 5.56 Å². The summed E-state index contributed by atoms with van der Waals surface area (Å²) in [6, 6.07) is 2.44. The molecule has 5 nitrogen and oxygen atoms in total. The van der Waals surface area contributed by atoms with Crippen molar-refractivity contribution >= 4 is 29.1 Å². The van der Waals surface area contributed by atoms with Crippen LogP contribution < -0.4 is 0 Å². The summed E-state index contributed by atoms with van der Waals surface area (Å²) in [5.74, 6) is 0. The number of nitrogens with zero attached hydrogens (tertiary/aromatic N) is 2. The van der Waals surface area contributed by atoms with Crippen molar-refractivity contribution in [3.8, 4) is 0 Å². The number of aliphatic imine (C=N–C) groups is 1. The van der Waals surface area contributed by atoms with E-state index in [1.165, 1.54) is 12.1 Å². The summed E-state index contributed by atoms with van der Waals surface area (Å²) >= 11 is 5.68. The van der Waals surface area contributed by atoms with Gasteiger partial charge in [-0.1, -0.05) is 11.6 Å². The van der Waals surface area contributed by atoms with Crippen molar-refractivity contribution in [3.63, 3.8) is 0 Å².